The van der Waals surface area contributed by atoms with Crippen LogP contribution in [0, 0.1) is 10.1 Å². The summed E-state index contributed by atoms with van der Waals surface area (Å²) in [6.45, 7) is -0.285. The molecule has 9 heteroatoms. The zero-order chi connectivity index (χ0) is 17.0. The van der Waals surface area contributed by atoms with Crippen molar-refractivity contribution in [1.82, 2.24) is 4.90 Å². The highest BCUT2D eigenvalue weighted by Crippen LogP contribution is 2.26. The minimum Gasteiger partial charge on any atom is -0.479 e. The molecule has 23 heavy (non-hydrogen) atoms. The van der Waals surface area contributed by atoms with Crippen LogP contribution in [0.3, 0.4) is 0 Å². The fraction of sp³-hybridized carbons (Fsp3) is 0.429. The topological polar surface area (TPSA) is 113 Å². The van der Waals surface area contributed by atoms with Crippen molar-refractivity contribution < 1.29 is 24.0 Å². The maximum Gasteiger partial charge on any atom is 0.343 e. The first-order chi connectivity index (χ1) is 10.8. The summed E-state index contributed by atoms with van der Waals surface area (Å²) in [4.78, 5) is 34.2. The van der Waals surface area contributed by atoms with E-state index < -0.39 is 29.0 Å². The van der Waals surface area contributed by atoms with Crippen LogP contribution in [0.2, 0.25) is 0 Å². The number of nitrogens with zero attached hydrogens (tertiary/aromatic N) is 2. The van der Waals surface area contributed by atoms with Crippen LogP contribution in [0.5, 0.6) is 0 Å². The number of likely N-dealkylation sites (tertiary alicyclic amines) is 1. The van der Waals surface area contributed by atoms with Crippen molar-refractivity contribution >= 4 is 23.3 Å². The highest BCUT2D eigenvalue weighted by Gasteiger charge is 2.46. The van der Waals surface area contributed by atoms with Gasteiger partial charge in [-0.15, -0.1) is 0 Å². The van der Waals surface area contributed by atoms with Gasteiger partial charge in [-0.25, -0.2) is 9.18 Å². The van der Waals surface area contributed by atoms with Crippen LogP contribution in [-0.2, 0) is 9.59 Å². The van der Waals surface area contributed by atoms with Gasteiger partial charge in [0.2, 0.25) is 11.6 Å². The summed E-state index contributed by atoms with van der Waals surface area (Å²) in [5.41, 5.74) is -2.20. The van der Waals surface area contributed by atoms with E-state index in [9.17, 15) is 24.1 Å². The van der Waals surface area contributed by atoms with E-state index in [2.05, 4.69) is 5.32 Å². The minimum atomic E-state index is -2.39. The Balaban J connectivity index is 1.87. The first-order valence-electron chi connectivity index (χ1n) is 7.01. The molecule has 2 rings (SSSR count). The molecule has 1 aromatic rings. The Morgan fingerprint density at radius 2 is 2.13 bits per heavy atom. The molecule has 1 aliphatic rings. The third-order valence-corrected chi connectivity index (χ3v) is 3.71. The van der Waals surface area contributed by atoms with Crippen molar-refractivity contribution in [2.75, 3.05) is 25.0 Å². The summed E-state index contributed by atoms with van der Waals surface area (Å²) in [7, 11) is 0. The molecule has 0 spiro atoms. The number of nitro benzene ring substituents is 1. The van der Waals surface area contributed by atoms with E-state index in [-0.39, 0.29) is 37.3 Å². The van der Waals surface area contributed by atoms with E-state index >= 15 is 0 Å². The van der Waals surface area contributed by atoms with Crippen LogP contribution in [0.25, 0.3) is 0 Å². The van der Waals surface area contributed by atoms with Crippen molar-refractivity contribution in [1.29, 1.82) is 0 Å². The van der Waals surface area contributed by atoms with Crippen LogP contribution in [0.1, 0.15) is 12.8 Å². The van der Waals surface area contributed by atoms with Crippen LogP contribution >= 0.6 is 0 Å². The van der Waals surface area contributed by atoms with Crippen molar-refractivity contribution in [3.63, 3.8) is 0 Å². The quantitative estimate of drug-likeness (QED) is 0.604. The molecule has 1 aromatic carbocycles. The highest BCUT2D eigenvalue weighted by molar-refractivity contribution is 5.82. The summed E-state index contributed by atoms with van der Waals surface area (Å²) < 4.78 is 13.9. The van der Waals surface area contributed by atoms with Crippen LogP contribution in [0.4, 0.5) is 15.8 Å². The molecular formula is C14H16FN3O5. The number of nitrogens with one attached hydrogen (secondary N) is 1. The van der Waals surface area contributed by atoms with Gasteiger partial charge in [0.05, 0.1) is 11.5 Å². The molecular weight excluding hydrogens is 309 g/mol. The number of para-hydroxylation sites is 2. The van der Waals surface area contributed by atoms with Gasteiger partial charge in [-0.05, 0) is 6.07 Å². The zero-order valence-electron chi connectivity index (χ0n) is 12.2. The summed E-state index contributed by atoms with van der Waals surface area (Å²) in [6, 6.07) is 6.03. The van der Waals surface area contributed by atoms with Crippen LogP contribution in [-0.4, -0.2) is 52.1 Å². The molecule has 1 amide bonds. The number of carbonyl (C=O) groups excluding carboxylic acids is 1. The Labute approximate surface area is 131 Å². The summed E-state index contributed by atoms with van der Waals surface area (Å²) in [5.74, 6) is -1.96. The highest BCUT2D eigenvalue weighted by atomic mass is 19.1. The molecule has 0 aromatic heterocycles. The number of hydrogen-bond acceptors (Lipinski definition) is 5. The first kappa shape index (κ1) is 16.7. The van der Waals surface area contributed by atoms with E-state index in [4.69, 9.17) is 5.11 Å². The first-order valence-corrected chi connectivity index (χ1v) is 7.01. The fourth-order valence-corrected chi connectivity index (χ4v) is 2.40. The summed E-state index contributed by atoms with van der Waals surface area (Å²) >= 11 is 0. The average molecular weight is 325 g/mol. The molecule has 0 aliphatic carbocycles. The lowest BCUT2D eigenvalue weighted by Gasteiger charge is -2.18. The van der Waals surface area contributed by atoms with Gasteiger partial charge in [0.1, 0.15) is 5.69 Å². The number of carboxylic acids is 1. The molecule has 1 fully saturated rings. The predicted octanol–water partition coefficient (Wildman–Crippen LogP) is 1.42. The molecule has 8 nitrogen and oxygen atoms in total. The maximum absolute atomic E-state index is 13.9. The number of anilines is 1. The lowest BCUT2D eigenvalue weighted by atomic mass is 10.1. The standard InChI is InChI=1S/C14H16FN3O5/c15-14(13(20)21)6-8-17(9-14)12(19)5-7-16-10-3-1-2-4-11(10)18(22)23/h1-4,16H,5-9H2,(H,20,21). The fourth-order valence-electron chi connectivity index (χ4n) is 2.40. The molecule has 0 radical (unpaired) electrons. The van der Waals surface area contributed by atoms with Gasteiger partial charge in [-0.2, -0.15) is 0 Å². The number of nitro groups is 1. The van der Waals surface area contributed by atoms with Crippen molar-refractivity contribution in [2.45, 2.75) is 18.5 Å². The number of rotatable bonds is 6. The van der Waals surface area contributed by atoms with E-state index in [0.29, 0.717) is 0 Å². The number of hydrogen-bond donors (Lipinski definition) is 2. The lowest BCUT2D eigenvalue weighted by Crippen LogP contribution is -2.39. The SMILES string of the molecule is O=C(CCNc1ccccc1[N+](=O)[O-])N1CCC(F)(C(=O)O)C1. The van der Waals surface area contributed by atoms with E-state index in [1.54, 1.807) is 6.07 Å². The molecule has 1 aliphatic heterocycles. The molecule has 1 heterocycles. The van der Waals surface area contributed by atoms with Crippen molar-refractivity contribution in [3.05, 3.63) is 34.4 Å². The molecule has 0 saturated carbocycles. The van der Waals surface area contributed by atoms with Crippen molar-refractivity contribution in [2.24, 2.45) is 0 Å². The molecule has 2 N–H and O–H groups in total. The Morgan fingerprint density at radius 1 is 1.43 bits per heavy atom. The van der Waals surface area contributed by atoms with Gasteiger partial charge in [0.25, 0.3) is 5.69 Å². The third-order valence-electron chi connectivity index (χ3n) is 3.71. The van der Waals surface area contributed by atoms with Crippen LogP contribution < -0.4 is 5.32 Å². The Morgan fingerprint density at radius 3 is 2.74 bits per heavy atom. The van der Waals surface area contributed by atoms with Gasteiger partial charge in [0.15, 0.2) is 0 Å². The number of carbonyl (C=O) groups is 2. The maximum atomic E-state index is 13.9. The Kier molecular flexibility index (Phi) is 4.77. The number of amides is 1. The van der Waals surface area contributed by atoms with Gasteiger partial charge >= 0.3 is 5.97 Å². The number of halogens is 1. The minimum absolute atomic E-state index is 0.0122. The zero-order valence-corrected chi connectivity index (χ0v) is 12.2. The number of alkyl halides is 1. The predicted molar refractivity (Wildman–Crippen MR) is 78.9 cm³/mol. The molecule has 1 unspecified atom stereocenters. The molecule has 124 valence electrons. The smallest absolute Gasteiger partial charge is 0.343 e. The number of aliphatic carboxylic acids is 1. The molecule has 1 saturated heterocycles. The lowest BCUT2D eigenvalue weighted by molar-refractivity contribution is -0.384. The molecule has 1 atom stereocenters. The Bertz CT molecular complexity index is 639. The third kappa shape index (κ3) is 3.74. The summed E-state index contributed by atoms with van der Waals surface area (Å²) in [5, 5.41) is 22.4. The second-order valence-corrected chi connectivity index (χ2v) is 5.29. The van der Waals surface area contributed by atoms with E-state index in [1.807, 2.05) is 0 Å². The normalized spacial score (nSPS) is 20.3. The van der Waals surface area contributed by atoms with Gasteiger partial charge in [0, 0.05) is 32.0 Å². The number of carboxylic acid groups (broad SMARTS) is 1. The van der Waals surface area contributed by atoms with Crippen molar-refractivity contribution in [3.8, 4) is 0 Å². The van der Waals surface area contributed by atoms with Gasteiger partial charge in [-0.1, -0.05) is 12.1 Å². The Hall–Kier alpha value is -2.71. The van der Waals surface area contributed by atoms with E-state index in [0.717, 1.165) is 4.90 Å². The number of benzene rings is 1. The average Bonchev–Trinajstić information content (AvgIpc) is 2.91. The summed E-state index contributed by atoms with van der Waals surface area (Å²) in [6.07, 6.45) is -0.243. The van der Waals surface area contributed by atoms with Gasteiger partial charge < -0.3 is 15.3 Å². The second kappa shape index (κ2) is 6.59. The largest absolute Gasteiger partial charge is 0.479 e. The molecule has 0 bridgehead atoms. The second-order valence-electron chi connectivity index (χ2n) is 5.29. The van der Waals surface area contributed by atoms with Gasteiger partial charge in [-0.3, -0.25) is 14.9 Å². The van der Waals surface area contributed by atoms with Crippen LogP contribution in [0.15, 0.2) is 24.3 Å². The van der Waals surface area contributed by atoms with E-state index in [1.165, 1.54) is 18.2 Å². The monoisotopic (exact) mass is 325 g/mol.